The Morgan fingerprint density at radius 1 is 1.35 bits per heavy atom. The number of amides is 1. The number of hydrogen-bond donors (Lipinski definition) is 1. The van der Waals surface area contributed by atoms with Crippen LogP contribution in [0.2, 0.25) is 0 Å². The number of carbonyl (C=O) groups excluding carboxylic acids is 1. The van der Waals surface area contributed by atoms with Gasteiger partial charge in [0.1, 0.15) is 5.75 Å². The number of benzene rings is 1. The van der Waals surface area contributed by atoms with E-state index in [-0.39, 0.29) is 24.4 Å². The molecule has 2 N–H and O–H groups in total. The Hall–Kier alpha value is -0.780. The van der Waals surface area contributed by atoms with Gasteiger partial charge >= 0.3 is 0 Å². The van der Waals surface area contributed by atoms with Gasteiger partial charge in [-0.2, -0.15) is 0 Å². The van der Waals surface area contributed by atoms with Gasteiger partial charge < -0.3 is 15.4 Å². The molecule has 0 heterocycles. The van der Waals surface area contributed by atoms with Gasteiger partial charge in [-0.25, -0.2) is 0 Å². The highest BCUT2D eigenvalue weighted by Crippen LogP contribution is 2.23. The van der Waals surface area contributed by atoms with Crippen LogP contribution in [0.3, 0.4) is 0 Å². The lowest BCUT2D eigenvalue weighted by Gasteiger charge is -2.21. The molecule has 0 radical (unpaired) electrons. The molecular formula is C17H28BrClN2O2. The number of nitrogens with two attached hydrogens (primary N) is 1. The van der Waals surface area contributed by atoms with E-state index >= 15 is 0 Å². The maximum absolute atomic E-state index is 12.0. The minimum absolute atomic E-state index is 0. The number of carbonyl (C=O) groups is 1. The molecule has 1 amide bonds. The molecule has 0 aliphatic carbocycles. The molecule has 0 saturated carbocycles. The summed E-state index contributed by atoms with van der Waals surface area (Å²) < 4.78 is 6.59. The first kappa shape index (κ1) is 22.2. The van der Waals surface area contributed by atoms with Crippen molar-refractivity contribution in [2.45, 2.75) is 39.2 Å². The summed E-state index contributed by atoms with van der Waals surface area (Å²) in [4.78, 5) is 13.8. The number of rotatable bonds is 9. The van der Waals surface area contributed by atoms with Crippen LogP contribution in [0.1, 0.15) is 33.1 Å². The largest absolute Gasteiger partial charge is 0.492 e. The molecule has 1 aromatic rings. The summed E-state index contributed by atoms with van der Waals surface area (Å²) in [6.45, 7) is 5.45. The topological polar surface area (TPSA) is 55.6 Å². The van der Waals surface area contributed by atoms with E-state index in [0.29, 0.717) is 31.9 Å². The van der Waals surface area contributed by atoms with Crippen LogP contribution in [0.4, 0.5) is 0 Å². The standard InChI is InChI=1S/C17H27BrN2O2.ClH/c1-13(2)15(19)10-11-20(3)17(21)9-6-12-22-16-8-5-4-7-14(16)18;/h4-5,7-8,13,15H,6,9-12,19H2,1-3H3;1H. The number of ether oxygens (including phenoxy) is 1. The minimum Gasteiger partial charge on any atom is -0.492 e. The van der Waals surface area contributed by atoms with E-state index in [4.69, 9.17) is 10.5 Å². The van der Waals surface area contributed by atoms with Crippen molar-refractivity contribution in [3.63, 3.8) is 0 Å². The molecule has 6 heteroatoms. The fourth-order valence-electron chi connectivity index (χ4n) is 1.96. The highest BCUT2D eigenvalue weighted by molar-refractivity contribution is 9.10. The van der Waals surface area contributed by atoms with Crippen molar-refractivity contribution in [3.8, 4) is 5.75 Å². The number of hydrogen-bond acceptors (Lipinski definition) is 3. The van der Waals surface area contributed by atoms with Crippen molar-refractivity contribution in [2.24, 2.45) is 11.7 Å². The summed E-state index contributed by atoms with van der Waals surface area (Å²) in [6, 6.07) is 7.86. The molecule has 0 aromatic heterocycles. The lowest BCUT2D eigenvalue weighted by Crippen LogP contribution is -2.34. The Morgan fingerprint density at radius 2 is 2.00 bits per heavy atom. The molecule has 0 spiro atoms. The molecule has 1 aromatic carbocycles. The summed E-state index contributed by atoms with van der Waals surface area (Å²) >= 11 is 3.43. The number of nitrogens with zero attached hydrogens (tertiary/aromatic N) is 1. The fourth-order valence-corrected chi connectivity index (χ4v) is 2.36. The SMILES string of the molecule is CC(C)C(N)CCN(C)C(=O)CCCOc1ccccc1Br.Cl. The fraction of sp³-hybridized carbons (Fsp3) is 0.588. The zero-order valence-electron chi connectivity index (χ0n) is 14.1. The van der Waals surface area contributed by atoms with Crippen LogP contribution in [0.25, 0.3) is 0 Å². The Kier molecular flexibility index (Phi) is 11.3. The van der Waals surface area contributed by atoms with Crippen LogP contribution < -0.4 is 10.5 Å². The average molecular weight is 408 g/mol. The normalized spacial score (nSPS) is 11.7. The van der Waals surface area contributed by atoms with E-state index < -0.39 is 0 Å². The Morgan fingerprint density at radius 3 is 2.61 bits per heavy atom. The van der Waals surface area contributed by atoms with Crippen molar-refractivity contribution in [1.82, 2.24) is 4.90 Å². The quantitative estimate of drug-likeness (QED) is 0.632. The Labute approximate surface area is 154 Å². The Balaban J connectivity index is 0.00000484. The first-order chi connectivity index (χ1) is 10.4. The van der Waals surface area contributed by atoms with Gasteiger partial charge in [-0.3, -0.25) is 4.79 Å². The number of para-hydroxylation sites is 1. The maximum Gasteiger partial charge on any atom is 0.222 e. The summed E-state index contributed by atoms with van der Waals surface area (Å²) in [7, 11) is 1.84. The third kappa shape index (κ3) is 8.58. The zero-order valence-corrected chi connectivity index (χ0v) is 16.5. The second-order valence-electron chi connectivity index (χ2n) is 5.89. The average Bonchev–Trinajstić information content (AvgIpc) is 2.49. The Bertz CT molecular complexity index is 472. The lowest BCUT2D eigenvalue weighted by atomic mass is 10.0. The summed E-state index contributed by atoms with van der Waals surface area (Å²) in [5.74, 6) is 1.40. The van der Waals surface area contributed by atoms with Crippen molar-refractivity contribution >= 4 is 34.2 Å². The van der Waals surface area contributed by atoms with Gasteiger partial charge in [-0.05, 0) is 46.8 Å². The molecule has 23 heavy (non-hydrogen) atoms. The third-order valence-electron chi connectivity index (χ3n) is 3.71. The lowest BCUT2D eigenvalue weighted by molar-refractivity contribution is -0.130. The second-order valence-corrected chi connectivity index (χ2v) is 6.75. The van der Waals surface area contributed by atoms with Gasteiger partial charge in [-0.1, -0.05) is 26.0 Å². The van der Waals surface area contributed by atoms with Crippen LogP contribution in [0.15, 0.2) is 28.7 Å². The van der Waals surface area contributed by atoms with Crippen LogP contribution in [-0.4, -0.2) is 37.0 Å². The summed E-state index contributed by atoms with van der Waals surface area (Å²) in [5, 5.41) is 0. The highest BCUT2D eigenvalue weighted by atomic mass is 79.9. The maximum atomic E-state index is 12.0. The van der Waals surface area contributed by atoms with Crippen molar-refractivity contribution in [1.29, 1.82) is 0 Å². The smallest absolute Gasteiger partial charge is 0.222 e. The van der Waals surface area contributed by atoms with Crippen molar-refractivity contribution in [2.75, 3.05) is 20.2 Å². The van der Waals surface area contributed by atoms with Crippen LogP contribution >= 0.6 is 28.3 Å². The monoisotopic (exact) mass is 406 g/mol. The summed E-state index contributed by atoms with van der Waals surface area (Å²) in [5.41, 5.74) is 6.00. The van der Waals surface area contributed by atoms with E-state index in [1.165, 1.54) is 0 Å². The molecular weight excluding hydrogens is 380 g/mol. The van der Waals surface area contributed by atoms with E-state index in [0.717, 1.165) is 16.6 Å². The van der Waals surface area contributed by atoms with Gasteiger partial charge in [0.05, 0.1) is 11.1 Å². The molecule has 1 rings (SSSR count). The molecule has 0 aliphatic heterocycles. The molecule has 1 atom stereocenters. The van der Waals surface area contributed by atoms with E-state index in [9.17, 15) is 4.79 Å². The zero-order chi connectivity index (χ0) is 16.5. The molecule has 0 saturated heterocycles. The molecule has 4 nitrogen and oxygen atoms in total. The van der Waals surface area contributed by atoms with E-state index in [2.05, 4.69) is 29.8 Å². The van der Waals surface area contributed by atoms with Crippen molar-refractivity contribution < 1.29 is 9.53 Å². The predicted molar refractivity (Wildman–Crippen MR) is 101 cm³/mol. The molecule has 1 unspecified atom stereocenters. The molecule has 0 bridgehead atoms. The molecule has 0 aliphatic rings. The second kappa shape index (κ2) is 11.7. The first-order valence-corrected chi connectivity index (χ1v) is 8.58. The highest BCUT2D eigenvalue weighted by Gasteiger charge is 2.12. The van der Waals surface area contributed by atoms with E-state index in [1.54, 1.807) is 4.90 Å². The molecule has 132 valence electrons. The third-order valence-corrected chi connectivity index (χ3v) is 4.36. The summed E-state index contributed by atoms with van der Waals surface area (Å²) in [6.07, 6.45) is 2.05. The minimum atomic E-state index is 0. The van der Waals surface area contributed by atoms with Gasteiger partial charge in [0, 0.05) is 26.1 Å². The van der Waals surface area contributed by atoms with Gasteiger partial charge in [0.2, 0.25) is 5.91 Å². The van der Waals surface area contributed by atoms with Gasteiger partial charge in [0.25, 0.3) is 0 Å². The first-order valence-electron chi connectivity index (χ1n) is 7.78. The van der Waals surface area contributed by atoms with Crippen LogP contribution in [0.5, 0.6) is 5.75 Å². The van der Waals surface area contributed by atoms with E-state index in [1.807, 2.05) is 31.3 Å². The van der Waals surface area contributed by atoms with Gasteiger partial charge in [0.15, 0.2) is 0 Å². The van der Waals surface area contributed by atoms with Crippen LogP contribution in [-0.2, 0) is 4.79 Å². The van der Waals surface area contributed by atoms with Crippen LogP contribution in [0, 0.1) is 5.92 Å². The van der Waals surface area contributed by atoms with Gasteiger partial charge in [-0.15, -0.1) is 12.4 Å². The predicted octanol–water partition coefficient (Wildman–Crippen LogP) is 3.86. The van der Waals surface area contributed by atoms with Crippen molar-refractivity contribution in [3.05, 3.63) is 28.7 Å². The number of halogens is 2. The molecule has 0 fully saturated rings.